The summed E-state index contributed by atoms with van der Waals surface area (Å²) >= 11 is 6.08. The predicted molar refractivity (Wildman–Crippen MR) is 141 cm³/mol. The van der Waals surface area contributed by atoms with Gasteiger partial charge < -0.3 is 19.9 Å². The van der Waals surface area contributed by atoms with E-state index in [9.17, 15) is 4.79 Å². The SMILES string of the molecule is CCOc1ccccc1NC(=O)N1CCCN(c2nc(C)nc(C)c2Cc2ccc(Cl)cc2)CC1. The third-order valence-corrected chi connectivity index (χ3v) is 6.36. The van der Waals surface area contributed by atoms with Crippen molar-refractivity contribution in [2.75, 3.05) is 43.0 Å². The maximum atomic E-state index is 13.1. The zero-order valence-electron chi connectivity index (χ0n) is 20.6. The number of rotatable bonds is 6. The fraction of sp³-hybridized carbons (Fsp3) is 0.370. The maximum absolute atomic E-state index is 13.1. The number of nitrogens with zero attached hydrogens (tertiary/aromatic N) is 4. The molecule has 0 radical (unpaired) electrons. The summed E-state index contributed by atoms with van der Waals surface area (Å²) in [6.45, 7) is 9.24. The number of ether oxygens (including phenoxy) is 1. The Morgan fingerprint density at radius 2 is 1.80 bits per heavy atom. The van der Waals surface area contributed by atoms with Crippen molar-refractivity contribution in [3.63, 3.8) is 0 Å². The molecule has 1 aromatic heterocycles. The maximum Gasteiger partial charge on any atom is 0.322 e. The highest BCUT2D eigenvalue weighted by Crippen LogP contribution is 2.27. The number of hydrogen-bond donors (Lipinski definition) is 1. The molecule has 0 spiro atoms. The minimum absolute atomic E-state index is 0.115. The van der Waals surface area contributed by atoms with E-state index in [0.29, 0.717) is 37.7 Å². The number of aryl methyl sites for hydroxylation is 2. The first kappa shape index (κ1) is 24.8. The quantitative estimate of drug-likeness (QED) is 0.492. The molecule has 7 nitrogen and oxygen atoms in total. The number of amides is 2. The number of aromatic nitrogens is 2. The van der Waals surface area contributed by atoms with Crippen molar-refractivity contribution in [3.8, 4) is 5.75 Å². The van der Waals surface area contributed by atoms with Crippen LogP contribution in [0, 0.1) is 13.8 Å². The second-order valence-electron chi connectivity index (χ2n) is 8.65. The number of hydrogen-bond acceptors (Lipinski definition) is 5. The van der Waals surface area contributed by atoms with Gasteiger partial charge in [-0.2, -0.15) is 0 Å². The number of carbonyl (C=O) groups excluding carboxylic acids is 1. The molecule has 3 aromatic rings. The number of benzene rings is 2. The Morgan fingerprint density at radius 3 is 2.57 bits per heavy atom. The summed E-state index contributed by atoms with van der Waals surface area (Å²) in [6.07, 6.45) is 1.58. The minimum Gasteiger partial charge on any atom is -0.492 e. The number of nitrogens with one attached hydrogen (secondary N) is 1. The van der Waals surface area contributed by atoms with Crippen LogP contribution in [-0.2, 0) is 6.42 Å². The third kappa shape index (κ3) is 6.22. The molecule has 1 saturated heterocycles. The first-order valence-electron chi connectivity index (χ1n) is 12.1. The van der Waals surface area contributed by atoms with E-state index in [1.54, 1.807) is 0 Å². The molecule has 1 N–H and O–H groups in total. The predicted octanol–water partition coefficient (Wildman–Crippen LogP) is 5.48. The first-order valence-corrected chi connectivity index (χ1v) is 12.4. The van der Waals surface area contributed by atoms with Crippen LogP contribution in [0.3, 0.4) is 0 Å². The lowest BCUT2D eigenvalue weighted by molar-refractivity contribution is 0.215. The number of halogens is 1. The van der Waals surface area contributed by atoms with Gasteiger partial charge in [-0.05, 0) is 57.0 Å². The molecule has 0 atom stereocenters. The van der Waals surface area contributed by atoms with Crippen molar-refractivity contribution in [2.45, 2.75) is 33.6 Å². The van der Waals surface area contributed by atoms with Gasteiger partial charge >= 0.3 is 6.03 Å². The average molecular weight is 494 g/mol. The molecule has 1 aliphatic rings. The van der Waals surface area contributed by atoms with Crippen LogP contribution >= 0.6 is 11.6 Å². The standard InChI is InChI=1S/C27H32ClN5O2/c1-4-35-25-9-6-5-8-24(25)31-27(34)33-15-7-14-32(16-17-33)26-23(19(2)29-20(3)30-26)18-21-10-12-22(28)13-11-21/h5-6,8-13H,4,7,14-18H2,1-3H3,(H,31,34). The second kappa shape index (κ2) is 11.4. The zero-order valence-corrected chi connectivity index (χ0v) is 21.3. The van der Waals surface area contributed by atoms with Gasteiger partial charge in [0, 0.05) is 48.9 Å². The molecule has 184 valence electrons. The van der Waals surface area contributed by atoms with Gasteiger partial charge in [0.2, 0.25) is 0 Å². The molecule has 0 aliphatic carbocycles. The molecule has 8 heteroatoms. The van der Waals surface area contributed by atoms with Crippen LogP contribution in [0.25, 0.3) is 0 Å². The monoisotopic (exact) mass is 493 g/mol. The van der Waals surface area contributed by atoms with E-state index in [1.807, 2.05) is 74.2 Å². The van der Waals surface area contributed by atoms with Crippen molar-refractivity contribution in [3.05, 3.63) is 76.2 Å². The van der Waals surface area contributed by atoms with Crippen LogP contribution in [0.5, 0.6) is 5.75 Å². The fourth-order valence-electron chi connectivity index (χ4n) is 4.37. The molecule has 4 rings (SSSR count). The molecule has 1 aliphatic heterocycles. The molecule has 0 unspecified atom stereocenters. The van der Waals surface area contributed by atoms with E-state index >= 15 is 0 Å². The molecule has 1 fully saturated rings. The van der Waals surface area contributed by atoms with Gasteiger partial charge in [-0.15, -0.1) is 0 Å². The Morgan fingerprint density at radius 1 is 1.03 bits per heavy atom. The van der Waals surface area contributed by atoms with Gasteiger partial charge in [-0.25, -0.2) is 14.8 Å². The molecule has 2 aromatic carbocycles. The minimum atomic E-state index is -0.115. The van der Waals surface area contributed by atoms with Crippen molar-refractivity contribution in [1.29, 1.82) is 0 Å². The topological polar surface area (TPSA) is 70.6 Å². The summed E-state index contributed by atoms with van der Waals surface area (Å²) in [5, 5.41) is 3.74. The highest BCUT2D eigenvalue weighted by atomic mass is 35.5. The van der Waals surface area contributed by atoms with Gasteiger partial charge in [-0.3, -0.25) is 0 Å². The summed E-state index contributed by atoms with van der Waals surface area (Å²) in [7, 11) is 0. The normalized spacial score (nSPS) is 13.9. The van der Waals surface area contributed by atoms with E-state index in [0.717, 1.165) is 52.9 Å². The van der Waals surface area contributed by atoms with Crippen LogP contribution in [0.2, 0.25) is 5.02 Å². The molecule has 2 amide bonds. The number of anilines is 2. The molecular weight excluding hydrogens is 462 g/mol. The van der Waals surface area contributed by atoms with E-state index in [1.165, 1.54) is 0 Å². The number of carbonyl (C=O) groups is 1. The number of para-hydroxylation sites is 2. The van der Waals surface area contributed by atoms with Gasteiger partial charge in [0.15, 0.2) is 0 Å². The van der Waals surface area contributed by atoms with Crippen LogP contribution in [0.1, 0.15) is 36.0 Å². The Balaban J connectivity index is 1.49. The summed E-state index contributed by atoms with van der Waals surface area (Å²) < 4.78 is 5.65. The molecule has 0 saturated carbocycles. The van der Waals surface area contributed by atoms with E-state index in [4.69, 9.17) is 21.3 Å². The summed E-state index contributed by atoms with van der Waals surface area (Å²) in [4.78, 5) is 26.7. The van der Waals surface area contributed by atoms with Gasteiger partial charge in [-0.1, -0.05) is 35.9 Å². The highest BCUT2D eigenvalue weighted by Gasteiger charge is 2.23. The highest BCUT2D eigenvalue weighted by molar-refractivity contribution is 6.30. The lowest BCUT2D eigenvalue weighted by Crippen LogP contribution is -2.38. The van der Waals surface area contributed by atoms with Crippen molar-refractivity contribution in [1.82, 2.24) is 14.9 Å². The fourth-order valence-corrected chi connectivity index (χ4v) is 4.50. The average Bonchev–Trinajstić information content (AvgIpc) is 3.10. The molecule has 35 heavy (non-hydrogen) atoms. The lowest BCUT2D eigenvalue weighted by atomic mass is 10.0. The van der Waals surface area contributed by atoms with Crippen LogP contribution in [-0.4, -0.2) is 53.7 Å². The Hall–Kier alpha value is -3.32. The summed E-state index contributed by atoms with van der Waals surface area (Å²) in [5.74, 6) is 2.39. The second-order valence-corrected chi connectivity index (χ2v) is 9.09. The smallest absolute Gasteiger partial charge is 0.322 e. The van der Waals surface area contributed by atoms with E-state index in [2.05, 4.69) is 15.2 Å². The number of urea groups is 1. The largest absolute Gasteiger partial charge is 0.492 e. The van der Waals surface area contributed by atoms with Crippen LogP contribution in [0.4, 0.5) is 16.3 Å². The van der Waals surface area contributed by atoms with Crippen molar-refractivity contribution >= 4 is 29.1 Å². The third-order valence-electron chi connectivity index (χ3n) is 6.11. The zero-order chi connectivity index (χ0) is 24.8. The lowest BCUT2D eigenvalue weighted by Gasteiger charge is -2.26. The Labute approximate surface area is 212 Å². The van der Waals surface area contributed by atoms with Crippen molar-refractivity contribution in [2.24, 2.45) is 0 Å². The molecular formula is C27H32ClN5O2. The van der Waals surface area contributed by atoms with Crippen LogP contribution < -0.4 is 15.0 Å². The molecule has 0 bridgehead atoms. The van der Waals surface area contributed by atoms with Crippen LogP contribution in [0.15, 0.2) is 48.5 Å². The Bertz CT molecular complexity index is 1170. The van der Waals surface area contributed by atoms with Crippen molar-refractivity contribution < 1.29 is 9.53 Å². The first-order chi connectivity index (χ1) is 16.9. The summed E-state index contributed by atoms with van der Waals surface area (Å²) in [5.41, 5.74) is 3.94. The van der Waals surface area contributed by atoms with Gasteiger partial charge in [0.25, 0.3) is 0 Å². The summed E-state index contributed by atoms with van der Waals surface area (Å²) in [6, 6.07) is 15.3. The van der Waals surface area contributed by atoms with E-state index < -0.39 is 0 Å². The van der Waals surface area contributed by atoms with E-state index in [-0.39, 0.29) is 6.03 Å². The Kier molecular flexibility index (Phi) is 8.08. The molecule has 2 heterocycles. The van der Waals surface area contributed by atoms with Gasteiger partial charge in [0.05, 0.1) is 12.3 Å². The van der Waals surface area contributed by atoms with Gasteiger partial charge in [0.1, 0.15) is 17.4 Å².